The quantitative estimate of drug-likeness (QED) is 0.390. The molecule has 7 heterocycles. The van der Waals surface area contributed by atoms with Crippen molar-refractivity contribution >= 4 is 45.5 Å². The summed E-state index contributed by atoms with van der Waals surface area (Å²) in [6.07, 6.45) is 2.27. The first-order valence-corrected chi connectivity index (χ1v) is 17.3. The molecule has 3 aromatic rings. The Balaban J connectivity index is 1.22. The van der Waals surface area contributed by atoms with E-state index in [1.807, 2.05) is 17.0 Å². The van der Waals surface area contributed by atoms with Gasteiger partial charge in [-0.2, -0.15) is 20.3 Å². The molecule has 0 radical (unpaired) electrons. The number of fused-ring (bicyclic) bond motifs is 2. The Morgan fingerprint density at radius 2 is 1.98 bits per heavy atom. The van der Waals surface area contributed by atoms with Crippen molar-refractivity contribution in [3.05, 3.63) is 38.5 Å². The van der Waals surface area contributed by atoms with Gasteiger partial charge in [-0.05, 0) is 43.7 Å². The van der Waals surface area contributed by atoms with Crippen molar-refractivity contribution in [3.8, 4) is 12.1 Å². The van der Waals surface area contributed by atoms with Gasteiger partial charge in [0.2, 0.25) is 0 Å². The average Bonchev–Trinajstić information content (AvgIpc) is 3.71. The van der Waals surface area contributed by atoms with E-state index in [2.05, 4.69) is 32.8 Å². The standard InChI is InChI=1S/C32H40ClFN10O2S/c1-19-27(41-8-6-10-44-23(14-41)24(33)25(39-44)29(45)40(3)4)37-30(46-18-32-7-5-9-43(32)13-20(34)11-32)38-28(19)42-16-31(2,17-42)22-15-47-26(36)21(22)12-35/h15,20H,5-11,13-14,16-18,36H2,1-4H3/t20-,32+/m1/s1. The summed E-state index contributed by atoms with van der Waals surface area (Å²) in [5.41, 5.74) is 8.91. The lowest BCUT2D eigenvalue weighted by Crippen LogP contribution is -2.58. The minimum Gasteiger partial charge on any atom is -0.461 e. The number of hydrogen-bond acceptors (Lipinski definition) is 11. The van der Waals surface area contributed by atoms with E-state index in [4.69, 9.17) is 32.0 Å². The Labute approximate surface area is 282 Å². The fourth-order valence-corrected chi connectivity index (χ4v) is 9.06. The zero-order valence-corrected chi connectivity index (χ0v) is 28.8. The number of anilines is 3. The predicted octanol–water partition coefficient (Wildman–Crippen LogP) is 4.00. The average molecular weight is 683 g/mol. The smallest absolute Gasteiger partial charge is 0.320 e. The van der Waals surface area contributed by atoms with Gasteiger partial charge in [0, 0.05) is 64.2 Å². The molecule has 2 atom stereocenters. The molecule has 3 fully saturated rings. The van der Waals surface area contributed by atoms with Crippen LogP contribution in [0.3, 0.4) is 0 Å². The number of carbonyl (C=O) groups is 1. The van der Waals surface area contributed by atoms with Crippen LogP contribution in [0.1, 0.15) is 65.5 Å². The van der Waals surface area contributed by atoms with Gasteiger partial charge < -0.3 is 25.2 Å². The zero-order valence-electron chi connectivity index (χ0n) is 27.2. The number of thiophene rings is 1. The number of nitrogens with two attached hydrogens (primary N) is 1. The maximum Gasteiger partial charge on any atom is 0.320 e. The van der Waals surface area contributed by atoms with Crippen molar-refractivity contribution in [3.63, 3.8) is 0 Å². The van der Waals surface area contributed by atoms with E-state index in [1.54, 1.807) is 14.1 Å². The molecule has 0 unspecified atom stereocenters. The first kappa shape index (κ1) is 31.9. The molecule has 1 amide bonds. The Kier molecular flexibility index (Phi) is 8.00. The highest BCUT2D eigenvalue weighted by Crippen LogP contribution is 2.45. The summed E-state index contributed by atoms with van der Waals surface area (Å²) in [6.45, 7) is 8.79. The number of ether oxygens (including phenoxy) is 1. The Morgan fingerprint density at radius 3 is 2.70 bits per heavy atom. The topological polar surface area (TPSA) is 133 Å². The molecule has 4 aliphatic rings. The number of amides is 1. The molecule has 7 rings (SSSR count). The van der Waals surface area contributed by atoms with E-state index in [9.17, 15) is 14.4 Å². The van der Waals surface area contributed by atoms with E-state index < -0.39 is 6.17 Å². The number of rotatable bonds is 7. The second kappa shape index (κ2) is 11.8. The van der Waals surface area contributed by atoms with Gasteiger partial charge in [-0.1, -0.05) is 18.5 Å². The number of alkyl halides is 1. The number of hydrogen-bond donors (Lipinski definition) is 1. The first-order valence-electron chi connectivity index (χ1n) is 16.1. The van der Waals surface area contributed by atoms with Gasteiger partial charge >= 0.3 is 6.01 Å². The highest BCUT2D eigenvalue weighted by atomic mass is 35.5. The maximum atomic E-state index is 14.5. The van der Waals surface area contributed by atoms with E-state index in [0.717, 1.165) is 54.3 Å². The number of nitrogen functional groups attached to an aromatic ring is 1. The summed E-state index contributed by atoms with van der Waals surface area (Å²) in [7, 11) is 3.36. The molecule has 0 spiro atoms. The van der Waals surface area contributed by atoms with Crippen LogP contribution < -0.4 is 20.3 Å². The predicted molar refractivity (Wildman–Crippen MR) is 179 cm³/mol. The summed E-state index contributed by atoms with van der Waals surface area (Å²) < 4.78 is 22.8. The van der Waals surface area contributed by atoms with Gasteiger partial charge in [-0.15, -0.1) is 11.3 Å². The summed E-state index contributed by atoms with van der Waals surface area (Å²) >= 11 is 8.20. The summed E-state index contributed by atoms with van der Waals surface area (Å²) in [6, 6.07) is 2.54. The van der Waals surface area contributed by atoms with Gasteiger partial charge in [0.05, 0.1) is 28.4 Å². The fourth-order valence-electron chi connectivity index (χ4n) is 7.86. The molecular formula is C32H40ClFN10O2S. The van der Waals surface area contributed by atoms with E-state index in [1.165, 1.54) is 16.2 Å². The molecule has 0 aliphatic carbocycles. The molecule has 15 heteroatoms. The fraction of sp³-hybridized carbons (Fsp3) is 0.594. The van der Waals surface area contributed by atoms with Crippen LogP contribution in [0.5, 0.6) is 6.01 Å². The molecule has 12 nitrogen and oxygen atoms in total. The lowest BCUT2D eigenvalue weighted by Gasteiger charge is -2.49. The molecule has 2 N–H and O–H groups in total. The lowest BCUT2D eigenvalue weighted by atomic mass is 9.75. The monoisotopic (exact) mass is 682 g/mol. The van der Waals surface area contributed by atoms with Crippen LogP contribution >= 0.6 is 22.9 Å². The molecule has 250 valence electrons. The van der Waals surface area contributed by atoms with Gasteiger partial charge in [-0.3, -0.25) is 14.4 Å². The SMILES string of the molecule is Cc1c(N2CCCn3nc(C(=O)N(C)C)c(Cl)c3C2)nc(OC[C@@]23CCCN2C[C@H](F)C3)nc1N1CC(C)(c2csc(N)c2C#N)C1. The number of carbonyl (C=O) groups excluding carboxylic acids is 1. The third kappa shape index (κ3) is 5.36. The van der Waals surface area contributed by atoms with Crippen molar-refractivity contribution < 1.29 is 13.9 Å². The van der Waals surface area contributed by atoms with Crippen molar-refractivity contribution in [2.75, 3.05) is 69.0 Å². The maximum absolute atomic E-state index is 14.5. The third-order valence-electron chi connectivity index (χ3n) is 10.3. The summed E-state index contributed by atoms with van der Waals surface area (Å²) in [5.74, 6) is 1.23. The number of nitrogens with zero attached hydrogens (tertiary/aromatic N) is 9. The molecular weight excluding hydrogens is 643 g/mol. The first-order chi connectivity index (χ1) is 22.4. The van der Waals surface area contributed by atoms with E-state index in [0.29, 0.717) is 67.9 Å². The van der Waals surface area contributed by atoms with Gasteiger partial charge in [0.25, 0.3) is 5.91 Å². The zero-order chi connectivity index (χ0) is 33.2. The number of nitriles is 1. The van der Waals surface area contributed by atoms with Crippen molar-refractivity contribution in [1.29, 1.82) is 5.26 Å². The summed E-state index contributed by atoms with van der Waals surface area (Å²) in [5, 5.41) is 17.2. The van der Waals surface area contributed by atoms with Crippen LogP contribution in [0.4, 0.5) is 21.0 Å². The molecule has 0 aromatic carbocycles. The highest BCUT2D eigenvalue weighted by molar-refractivity contribution is 7.14. The third-order valence-corrected chi connectivity index (χ3v) is 11.5. The number of aromatic nitrogens is 4. The van der Waals surface area contributed by atoms with Crippen LogP contribution in [0.25, 0.3) is 0 Å². The summed E-state index contributed by atoms with van der Waals surface area (Å²) in [4.78, 5) is 30.8. The van der Waals surface area contributed by atoms with Crippen LogP contribution in [-0.4, -0.2) is 101 Å². The van der Waals surface area contributed by atoms with Crippen LogP contribution in [0.2, 0.25) is 5.02 Å². The second-order valence-electron chi connectivity index (χ2n) is 13.9. The van der Waals surface area contributed by atoms with Crippen molar-refractivity contribution in [2.45, 2.75) is 69.7 Å². The Hall–Kier alpha value is -3.67. The molecule has 4 aliphatic heterocycles. The lowest BCUT2D eigenvalue weighted by molar-refractivity contribution is 0.0821. The number of halogens is 2. The van der Waals surface area contributed by atoms with Gasteiger partial charge in [-0.25, -0.2) is 4.39 Å². The molecule has 0 bridgehead atoms. The Morgan fingerprint density at radius 1 is 1.23 bits per heavy atom. The molecule has 3 aromatic heterocycles. The second-order valence-corrected chi connectivity index (χ2v) is 15.2. The number of aryl methyl sites for hydroxylation is 1. The highest BCUT2D eigenvalue weighted by Gasteiger charge is 2.50. The minimum absolute atomic E-state index is 0.242. The largest absolute Gasteiger partial charge is 0.461 e. The van der Waals surface area contributed by atoms with Crippen molar-refractivity contribution in [1.82, 2.24) is 29.5 Å². The van der Waals surface area contributed by atoms with Gasteiger partial charge in [0.15, 0.2) is 5.69 Å². The van der Waals surface area contributed by atoms with Gasteiger partial charge in [0.1, 0.15) is 35.5 Å². The van der Waals surface area contributed by atoms with Crippen LogP contribution in [0.15, 0.2) is 5.38 Å². The molecule has 3 saturated heterocycles. The minimum atomic E-state index is -0.858. The molecule has 0 saturated carbocycles. The normalized spacial score (nSPS) is 23.6. The van der Waals surface area contributed by atoms with Crippen LogP contribution in [-0.2, 0) is 18.5 Å². The van der Waals surface area contributed by atoms with Crippen LogP contribution in [0, 0.1) is 18.3 Å². The molecule has 47 heavy (non-hydrogen) atoms. The van der Waals surface area contributed by atoms with E-state index >= 15 is 0 Å². The van der Waals surface area contributed by atoms with E-state index in [-0.39, 0.29) is 28.6 Å². The van der Waals surface area contributed by atoms with Crippen molar-refractivity contribution in [2.24, 2.45) is 0 Å². The Bertz CT molecular complexity index is 1760.